The molecule has 1 aromatic carbocycles. The molecule has 13 aliphatic rings. The van der Waals surface area contributed by atoms with Crippen molar-refractivity contribution in [3.63, 3.8) is 0 Å². The lowest BCUT2D eigenvalue weighted by atomic mass is 9.42. The maximum atomic E-state index is 7.32. The van der Waals surface area contributed by atoms with Crippen molar-refractivity contribution in [3.8, 4) is 5.75 Å². The lowest BCUT2D eigenvalue weighted by molar-refractivity contribution is -0.0200. The fraction of sp³-hybridized carbons (Fsp3) is 0.854. The summed E-state index contributed by atoms with van der Waals surface area (Å²) in [7, 11) is 0. The Labute approximate surface area is 260 Å². The molecule has 43 heavy (non-hydrogen) atoms. The summed E-state index contributed by atoms with van der Waals surface area (Å²) in [6.07, 6.45) is 27.4. The lowest BCUT2D eigenvalue weighted by Gasteiger charge is -2.62. The molecule has 14 rings (SSSR count). The van der Waals surface area contributed by atoms with Crippen LogP contribution in [0.15, 0.2) is 0 Å². The molecule has 0 radical (unpaired) electrons. The van der Waals surface area contributed by atoms with Crippen LogP contribution in [0.2, 0.25) is 0 Å². The summed E-state index contributed by atoms with van der Waals surface area (Å²) in [6.45, 7) is 6.95. The van der Waals surface area contributed by atoms with Crippen molar-refractivity contribution in [2.45, 2.75) is 152 Å². The summed E-state index contributed by atoms with van der Waals surface area (Å²) < 4.78 is 13.1. The number of benzene rings is 1. The zero-order valence-electron chi connectivity index (χ0n) is 27.2. The molecule has 232 valence electrons. The molecule has 0 aromatic heterocycles. The molecule has 12 bridgehead atoms. The summed E-state index contributed by atoms with van der Waals surface area (Å²) in [5, 5.41) is 0. The molecule has 12 saturated carbocycles. The van der Waals surface area contributed by atoms with Gasteiger partial charge in [0.25, 0.3) is 0 Å². The van der Waals surface area contributed by atoms with Crippen molar-refractivity contribution in [3.05, 3.63) is 27.8 Å². The fourth-order valence-electron chi connectivity index (χ4n) is 16.7. The molecule has 0 amide bonds. The van der Waals surface area contributed by atoms with Crippen LogP contribution in [0.3, 0.4) is 0 Å². The van der Waals surface area contributed by atoms with Crippen molar-refractivity contribution in [1.82, 2.24) is 0 Å². The Balaban J connectivity index is 1.18. The van der Waals surface area contributed by atoms with E-state index in [0.717, 1.165) is 66.5 Å². The first-order valence-electron chi connectivity index (χ1n) is 19.3. The topological polar surface area (TPSA) is 21.8 Å². The van der Waals surface area contributed by atoms with E-state index in [-0.39, 0.29) is 0 Å². The molecular formula is C41H56O2. The van der Waals surface area contributed by atoms with Gasteiger partial charge < -0.3 is 9.47 Å². The molecule has 0 N–H and O–H groups in total. The van der Waals surface area contributed by atoms with Gasteiger partial charge in [-0.3, -0.25) is 0 Å². The van der Waals surface area contributed by atoms with Gasteiger partial charge in [0, 0.05) is 11.0 Å². The van der Waals surface area contributed by atoms with Crippen LogP contribution < -0.4 is 4.74 Å². The molecule has 2 nitrogen and oxygen atoms in total. The lowest BCUT2D eigenvalue weighted by Crippen LogP contribution is -2.54. The molecule has 1 aliphatic heterocycles. The van der Waals surface area contributed by atoms with Gasteiger partial charge in [-0.2, -0.15) is 0 Å². The third kappa shape index (κ3) is 3.69. The molecule has 2 heteroatoms. The molecule has 12 aliphatic carbocycles. The molecular weight excluding hydrogens is 524 g/mol. The van der Waals surface area contributed by atoms with Crippen LogP contribution in [0.5, 0.6) is 5.75 Å². The Kier molecular flexibility index (Phi) is 5.25. The molecule has 1 heterocycles. The zero-order valence-corrected chi connectivity index (χ0v) is 27.2. The highest BCUT2D eigenvalue weighted by molar-refractivity contribution is 5.64. The number of hydrogen-bond donors (Lipinski definition) is 0. The maximum absolute atomic E-state index is 7.32. The molecule has 1 aromatic rings. The van der Waals surface area contributed by atoms with Gasteiger partial charge in [0.1, 0.15) is 18.5 Å². The van der Waals surface area contributed by atoms with E-state index in [1.54, 1.807) is 24.8 Å². The predicted octanol–water partition coefficient (Wildman–Crippen LogP) is 9.48. The highest BCUT2D eigenvalue weighted by Crippen LogP contribution is 2.70. The van der Waals surface area contributed by atoms with Gasteiger partial charge in [0.2, 0.25) is 0 Å². The number of ether oxygens (including phenoxy) is 2. The van der Waals surface area contributed by atoms with Gasteiger partial charge in [0.15, 0.2) is 0 Å². The fourth-order valence-corrected chi connectivity index (χ4v) is 16.7. The third-order valence-electron chi connectivity index (χ3n) is 16.5. The average molecular weight is 581 g/mol. The minimum atomic E-state index is 0.330. The number of rotatable bonds is 6. The predicted molar refractivity (Wildman–Crippen MR) is 171 cm³/mol. The van der Waals surface area contributed by atoms with E-state index < -0.39 is 0 Å². The normalized spacial score (nSPS) is 52.8. The first-order valence-corrected chi connectivity index (χ1v) is 19.3. The quantitative estimate of drug-likeness (QED) is 0.313. The van der Waals surface area contributed by atoms with E-state index in [1.807, 2.05) is 22.3 Å². The van der Waals surface area contributed by atoms with Gasteiger partial charge in [-0.25, -0.2) is 0 Å². The van der Waals surface area contributed by atoms with E-state index in [1.165, 1.54) is 102 Å². The first kappa shape index (κ1) is 26.1. The largest absolute Gasteiger partial charge is 0.490 e. The van der Waals surface area contributed by atoms with Crippen LogP contribution in [-0.4, -0.2) is 19.3 Å². The van der Waals surface area contributed by atoms with Crippen LogP contribution in [0.4, 0.5) is 0 Å². The minimum absolute atomic E-state index is 0.330. The smallest absolute Gasteiger partial charge is 0.126 e. The Morgan fingerprint density at radius 2 is 0.814 bits per heavy atom. The molecule has 1 atom stereocenters. The van der Waals surface area contributed by atoms with E-state index in [0.29, 0.717) is 22.3 Å². The van der Waals surface area contributed by atoms with E-state index >= 15 is 0 Å². The standard InChI is InChI=1S/C41H56O2/c1-23-35(39-12-25-3-26(13-39)5-27(4-25)14-39)24(2)38(43-22-34-21-42-34)37(41-18-31-9-32(19-41)11-33(10-31)20-41)36(23)40-15-28-6-29(16-40)8-30(7-28)17-40/h25-34H,3-22H2,1-2H3. The van der Waals surface area contributed by atoms with Crippen LogP contribution in [-0.2, 0) is 21.0 Å². The van der Waals surface area contributed by atoms with E-state index in [4.69, 9.17) is 9.47 Å². The van der Waals surface area contributed by atoms with Crippen LogP contribution in [0.1, 0.15) is 143 Å². The summed E-state index contributed by atoms with van der Waals surface area (Å²) in [5.41, 5.74) is 10.3. The summed E-state index contributed by atoms with van der Waals surface area (Å²) in [4.78, 5) is 0. The van der Waals surface area contributed by atoms with Gasteiger partial charge >= 0.3 is 0 Å². The summed E-state index contributed by atoms with van der Waals surface area (Å²) in [5.74, 6) is 10.3. The number of epoxide rings is 1. The van der Waals surface area contributed by atoms with Crippen molar-refractivity contribution in [1.29, 1.82) is 0 Å². The van der Waals surface area contributed by atoms with Crippen molar-refractivity contribution >= 4 is 0 Å². The third-order valence-corrected chi connectivity index (χ3v) is 16.5. The zero-order chi connectivity index (χ0) is 28.3. The van der Waals surface area contributed by atoms with Crippen molar-refractivity contribution in [2.75, 3.05) is 13.2 Å². The SMILES string of the molecule is Cc1c(OCC2CO2)c(C23CC4CC(CC(C4)C2)C3)c(C23CC4CC(CC(C4)C2)C3)c(C)c1C12CC3CC(CC(C3)C1)C2. The summed E-state index contributed by atoms with van der Waals surface area (Å²) >= 11 is 0. The highest BCUT2D eigenvalue weighted by atomic mass is 16.6. The van der Waals surface area contributed by atoms with Crippen LogP contribution >= 0.6 is 0 Å². The molecule has 1 unspecified atom stereocenters. The molecule has 13 fully saturated rings. The van der Waals surface area contributed by atoms with Gasteiger partial charge in [-0.05, 0) is 216 Å². The minimum Gasteiger partial charge on any atom is -0.490 e. The van der Waals surface area contributed by atoms with Crippen molar-refractivity contribution < 1.29 is 9.47 Å². The Hall–Kier alpha value is -1.02. The Morgan fingerprint density at radius 1 is 0.488 bits per heavy atom. The van der Waals surface area contributed by atoms with Crippen molar-refractivity contribution in [2.24, 2.45) is 53.3 Å². The van der Waals surface area contributed by atoms with Crippen LogP contribution in [0, 0.1) is 67.1 Å². The van der Waals surface area contributed by atoms with Crippen LogP contribution in [0.25, 0.3) is 0 Å². The average Bonchev–Trinajstić information content (AvgIpc) is 3.74. The van der Waals surface area contributed by atoms with E-state index in [9.17, 15) is 0 Å². The summed E-state index contributed by atoms with van der Waals surface area (Å²) in [6, 6.07) is 0. The van der Waals surface area contributed by atoms with Gasteiger partial charge in [-0.1, -0.05) is 0 Å². The van der Waals surface area contributed by atoms with Gasteiger partial charge in [-0.15, -0.1) is 0 Å². The Bertz CT molecular complexity index is 1260. The highest BCUT2D eigenvalue weighted by Gasteiger charge is 2.60. The maximum Gasteiger partial charge on any atom is 0.126 e. The Morgan fingerprint density at radius 3 is 1.16 bits per heavy atom. The molecule has 1 saturated heterocycles. The first-order chi connectivity index (χ1) is 20.9. The second-order valence-electron chi connectivity index (χ2n) is 19.6. The monoisotopic (exact) mass is 580 g/mol. The second-order valence-corrected chi connectivity index (χ2v) is 19.6. The van der Waals surface area contributed by atoms with E-state index in [2.05, 4.69) is 13.8 Å². The second kappa shape index (κ2) is 8.66. The van der Waals surface area contributed by atoms with Gasteiger partial charge in [0.05, 0.1) is 6.61 Å². The molecule has 0 spiro atoms. The number of hydrogen-bond acceptors (Lipinski definition) is 2.